The number of aryl methyl sites for hydroxylation is 3. The average molecular weight is 489 g/mol. The number of halogens is 2. The summed E-state index contributed by atoms with van der Waals surface area (Å²) in [5.41, 5.74) is 3.89. The van der Waals surface area contributed by atoms with Gasteiger partial charge in [0.25, 0.3) is 5.91 Å². The van der Waals surface area contributed by atoms with E-state index in [1.54, 1.807) is 0 Å². The summed E-state index contributed by atoms with van der Waals surface area (Å²) >= 11 is 5.89. The van der Waals surface area contributed by atoms with Crippen LogP contribution >= 0.6 is 11.6 Å². The molecule has 1 unspecified atom stereocenters. The maximum Gasteiger partial charge on any atom is 0.326 e. The third-order valence-electron chi connectivity index (χ3n) is 6.78. The Morgan fingerprint density at radius 3 is 2.76 bits per heavy atom. The lowest BCUT2D eigenvalue weighted by Crippen LogP contribution is -2.42. The molecule has 34 heavy (non-hydrogen) atoms. The van der Waals surface area contributed by atoms with Gasteiger partial charge in [-0.15, -0.1) is 0 Å². The molecule has 2 aliphatic carbocycles. The van der Waals surface area contributed by atoms with Gasteiger partial charge in [-0.3, -0.25) is 9.78 Å². The Balaban J connectivity index is 1.16. The number of carboxylic acids is 1. The fourth-order valence-corrected chi connectivity index (χ4v) is 4.94. The molecule has 1 saturated carbocycles. The van der Waals surface area contributed by atoms with E-state index in [-0.39, 0.29) is 29.7 Å². The summed E-state index contributed by atoms with van der Waals surface area (Å²) in [7, 11) is 0. The lowest BCUT2D eigenvalue weighted by atomic mass is 9.79. The molecule has 2 aromatic rings. The summed E-state index contributed by atoms with van der Waals surface area (Å²) in [5.74, 6) is -1.78. The quantitative estimate of drug-likeness (QED) is 0.503. The number of fused-ring (bicyclic) bond motifs is 1. The van der Waals surface area contributed by atoms with Crippen molar-refractivity contribution >= 4 is 23.5 Å². The molecule has 1 aromatic heterocycles. The number of ether oxygens (including phenoxy) is 1. The predicted octanol–water partition coefficient (Wildman–Crippen LogP) is 4.75. The third-order valence-corrected chi connectivity index (χ3v) is 7.09. The van der Waals surface area contributed by atoms with Crippen LogP contribution in [0.4, 0.5) is 4.39 Å². The second kappa shape index (κ2) is 11.3. The number of aromatic nitrogens is 1. The Bertz CT molecular complexity index is 1040. The van der Waals surface area contributed by atoms with Gasteiger partial charge in [0.1, 0.15) is 11.9 Å². The van der Waals surface area contributed by atoms with Crippen LogP contribution in [0.1, 0.15) is 65.8 Å². The molecule has 8 heteroatoms. The van der Waals surface area contributed by atoms with Crippen molar-refractivity contribution in [3.63, 3.8) is 0 Å². The van der Waals surface area contributed by atoms with E-state index >= 15 is 0 Å². The number of nitrogens with zero attached hydrogens (tertiary/aromatic N) is 1. The zero-order chi connectivity index (χ0) is 24.1. The summed E-state index contributed by atoms with van der Waals surface area (Å²) in [5, 5.41) is 11.8. The van der Waals surface area contributed by atoms with Gasteiger partial charge in [-0.1, -0.05) is 17.7 Å². The van der Waals surface area contributed by atoms with Gasteiger partial charge in [-0.05, 0) is 87.1 Å². The molecule has 0 spiro atoms. The maximum atomic E-state index is 13.2. The summed E-state index contributed by atoms with van der Waals surface area (Å²) in [4.78, 5) is 28.8. The first-order chi connectivity index (χ1) is 16.4. The van der Waals surface area contributed by atoms with Gasteiger partial charge in [-0.25, -0.2) is 9.18 Å². The van der Waals surface area contributed by atoms with E-state index in [4.69, 9.17) is 21.3 Å². The van der Waals surface area contributed by atoms with Crippen LogP contribution in [0.5, 0.6) is 0 Å². The number of hydrogen-bond acceptors (Lipinski definition) is 4. The van der Waals surface area contributed by atoms with E-state index in [0.29, 0.717) is 5.92 Å². The summed E-state index contributed by atoms with van der Waals surface area (Å²) in [6, 6.07) is 6.65. The number of carbonyl (C=O) groups excluding carboxylic acids is 1. The van der Waals surface area contributed by atoms with Crippen molar-refractivity contribution in [2.45, 2.75) is 69.9 Å². The second-order valence-corrected chi connectivity index (χ2v) is 9.67. The Kier molecular flexibility index (Phi) is 8.16. The molecule has 1 amide bonds. The van der Waals surface area contributed by atoms with E-state index < -0.39 is 23.7 Å². The van der Waals surface area contributed by atoms with Crippen molar-refractivity contribution in [1.82, 2.24) is 10.3 Å². The van der Waals surface area contributed by atoms with Crippen LogP contribution in [0.25, 0.3) is 0 Å². The first kappa shape index (κ1) is 24.6. The number of carboxylic acid groups (broad SMARTS) is 1. The summed E-state index contributed by atoms with van der Waals surface area (Å²) in [6.07, 6.45) is 8.98. The van der Waals surface area contributed by atoms with E-state index in [2.05, 4.69) is 17.4 Å². The lowest BCUT2D eigenvalue weighted by molar-refractivity contribution is -0.140. The second-order valence-electron chi connectivity index (χ2n) is 9.26. The zero-order valence-corrected chi connectivity index (χ0v) is 19.8. The van der Waals surface area contributed by atoms with Crippen LogP contribution in [0.15, 0.2) is 30.3 Å². The van der Waals surface area contributed by atoms with Gasteiger partial charge in [0.2, 0.25) is 0 Å². The molecule has 0 saturated heterocycles. The smallest absolute Gasteiger partial charge is 0.326 e. The average Bonchev–Trinajstić information content (AvgIpc) is 2.78. The third kappa shape index (κ3) is 6.33. The molecule has 182 valence electrons. The topological polar surface area (TPSA) is 88.5 Å². The van der Waals surface area contributed by atoms with Crippen molar-refractivity contribution in [2.75, 3.05) is 6.61 Å². The Hall–Kier alpha value is -2.51. The van der Waals surface area contributed by atoms with Gasteiger partial charge < -0.3 is 15.2 Å². The highest BCUT2D eigenvalue weighted by Gasteiger charge is 2.30. The number of pyridine rings is 1. The summed E-state index contributed by atoms with van der Waals surface area (Å²) < 4.78 is 19.0. The molecule has 4 rings (SSSR count). The van der Waals surface area contributed by atoms with Crippen LogP contribution in [-0.2, 0) is 28.8 Å². The molecule has 1 fully saturated rings. The molecular formula is C26H30ClFN2O4. The SMILES string of the molecule is O=C(NC(CCOC1CC(CCc2ccc3c(n2)CCCC3)C1)C(=O)O)c1ccc(F)cc1Cl. The number of nitrogens with one attached hydrogen (secondary N) is 1. The largest absolute Gasteiger partial charge is 0.480 e. The van der Waals surface area contributed by atoms with Crippen LogP contribution in [0.3, 0.4) is 0 Å². The Labute approximate surface area is 203 Å². The molecular weight excluding hydrogens is 459 g/mol. The van der Waals surface area contributed by atoms with Crippen LogP contribution in [0.2, 0.25) is 5.02 Å². The monoisotopic (exact) mass is 488 g/mol. The maximum absolute atomic E-state index is 13.2. The molecule has 0 aliphatic heterocycles. The van der Waals surface area contributed by atoms with Gasteiger partial charge in [0.05, 0.1) is 16.7 Å². The molecule has 1 atom stereocenters. The number of aliphatic carboxylic acids is 1. The molecule has 1 heterocycles. The zero-order valence-electron chi connectivity index (χ0n) is 19.1. The number of carbonyl (C=O) groups is 2. The highest BCUT2D eigenvalue weighted by molar-refractivity contribution is 6.33. The first-order valence-corrected chi connectivity index (χ1v) is 12.3. The van der Waals surface area contributed by atoms with E-state index in [9.17, 15) is 19.1 Å². The van der Waals surface area contributed by atoms with E-state index in [0.717, 1.165) is 50.7 Å². The van der Waals surface area contributed by atoms with Gasteiger partial charge >= 0.3 is 5.97 Å². The lowest BCUT2D eigenvalue weighted by Gasteiger charge is -2.35. The number of amides is 1. The minimum atomic E-state index is -1.15. The molecule has 2 aliphatic rings. The highest BCUT2D eigenvalue weighted by Crippen LogP contribution is 2.34. The first-order valence-electron chi connectivity index (χ1n) is 12.0. The van der Waals surface area contributed by atoms with Crippen LogP contribution in [0, 0.1) is 11.7 Å². The fourth-order valence-electron chi connectivity index (χ4n) is 4.68. The van der Waals surface area contributed by atoms with Gasteiger partial charge in [-0.2, -0.15) is 0 Å². The normalized spacial score (nSPS) is 20.2. The number of hydrogen-bond donors (Lipinski definition) is 2. The van der Waals surface area contributed by atoms with Gasteiger partial charge in [0, 0.05) is 24.4 Å². The standard InChI is InChI=1S/C26H30ClFN2O4/c27-22-15-18(28)7-10-21(22)25(31)30-24(26(32)33)11-12-34-20-13-16(14-20)5-8-19-9-6-17-3-1-2-4-23(17)29-19/h6-7,9-10,15-16,20,24H,1-5,8,11-14H2,(H,30,31)(H,32,33). The van der Waals surface area contributed by atoms with Crippen molar-refractivity contribution in [3.05, 3.63) is 63.7 Å². The summed E-state index contributed by atoms with van der Waals surface area (Å²) in [6.45, 7) is 0.234. The predicted molar refractivity (Wildman–Crippen MR) is 127 cm³/mol. The van der Waals surface area contributed by atoms with E-state index in [1.165, 1.54) is 35.9 Å². The van der Waals surface area contributed by atoms with Crippen molar-refractivity contribution in [3.8, 4) is 0 Å². The fraction of sp³-hybridized carbons (Fsp3) is 0.500. The molecule has 0 radical (unpaired) electrons. The minimum absolute atomic E-state index is 0.0329. The van der Waals surface area contributed by atoms with Crippen molar-refractivity contribution in [2.24, 2.45) is 5.92 Å². The van der Waals surface area contributed by atoms with Crippen molar-refractivity contribution in [1.29, 1.82) is 0 Å². The number of rotatable bonds is 10. The minimum Gasteiger partial charge on any atom is -0.480 e. The molecule has 6 nitrogen and oxygen atoms in total. The van der Waals surface area contributed by atoms with Gasteiger partial charge in [0.15, 0.2) is 0 Å². The Morgan fingerprint density at radius 1 is 1.21 bits per heavy atom. The van der Waals surface area contributed by atoms with Crippen LogP contribution < -0.4 is 5.32 Å². The van der Waals surface area contributed by atoms with Crippen LogP contribution in [-0.4, -0.2) is 40.7 Å². The Morgan fingerprint density at radius 2 is 2.00 bits per heavy atom. The van der Waals surface area contributed by atoms with E-state index in [1.807, 2.05) is 0 Å². The number of benzene rings is 1. The van der Waals surface area contributed by atoms with Crippen molar-refractivity contribution < 1.29 is 23.8 Å². The molecule has 1 aromatic carbocycles. The molecule has 2 N–H and O–H groups in total. The molecule has 0 bridgehead atoms. The highest BCUT2D eigenvalue weighted by atomic mass is 35.5.